The molecule has 2 aromatic heterocycles. The first-order chi connectivity index (χ1) is 13.7. The molecule has 2 N–H and O–H groups in total. The highest BCUT2D eigenvalue weighted by atomic mass is 32.1. The monoisotopic (exact) mass is 412 g/mol. The van der Waals surface area contributed by atoms with Gasteiger partial charge < -0.3 is 10.2 Å². The maximum atomic E-state index is 12.5. The van der Waals surface area contributed by atoms with Crippen LogP contribution in [0.25, 0.3) is 10.2 Å². The highest BCUT2D eigenvalue weighted by Gasteiger charge is 2.14. The van der Waals surface area contributed by atoms with Crippen molar-refractivity contribution >= 4 is 49.1 Å². The second-order valence-electron chi connectivity index (χ2n) is 6.63. The molecule has 144 valence electrons. The van der Waals surface area contributed by atoms with Crippen LogP contribution in [0.15, 0.2) is 23.6 Å². The lowest BCUT2D eigenvalue weighted by Gasteiger charge is -2.26. The number of fused-ring (bicyclic) bond motifs is 1. The molecule has 0 bridgehead atoms. The molecule has 0 saturated carbocycles. The Morgan fingerprint density at radius 2 is 2.07 bits per heavy atom. The van der Waals surface area contributed by atoms with E-state index in [1.54, 1.807) is 23.6 Å². The fourth-order valence-corrected chi connectivity index (χ4v) is 4.79. The Morgan fingerprint density at radius 3 is 2.89 bits per heavy atom. The number of benzene rings is 1. The van der Waals surface area contributed by atoms with Gasteiger partial charge in [0.1, 0.15) is 5.69 Å². The summed E-state index contributed by atoms with van der Waals surface area (Å²) < 4.78 is 0.868. The minimum absolute atomic E-state index is 0.278. The van der Waals surface area contributed by atoms with E-state index < -0.39 is 0 Å². The van der Waals surface area contributed by atoms with E-state index in [9.17, 15) is 4.79 Å². The summed E-state index contributed by atoms with van der Waals surface area (Å²) in [4.78, 5) is 23.7. The molecule has 1 saturated heterocycles. The number of piperidine rings is 1. The fraction of sp³-hybridized carbons (Fsp3) is 0.368. The summed E-state index contributed by atoms with van der Waals surface area (Å²) in [7, 11) is 0. The first kappa shape index (κ1) is 18.8. The number of hydrogen-bond acceptors (Lipinski definition) is 8. The van der Waals surface area contributed by atoms with Crippen molar-refractivity contribution in [2.45, 2.75) is 19.3 Å². The predicted octanol–water partition coefficient (Wildman–Crippen LogP) is 3.77. The largest absolute Gasteiger partial charge is 0.360 e. The molecule has 7 nitrogen and oxygen atoms in total. The van der Waals surface area contributed by atoms with Crippen LogP contribution in [0.1, 0.15) is 35.3 Å². The zero-order valence-corrected chi connectivity index (χ0v) is 16.9. The van der Waals surface area contributed by atoms with E-state index in [-0.39, 0.29) is 5.91 Å². The summed E-state index contributed by atoms with van der Waals surface area (Å²) in [5.74, 6) is -0.278. The van der Waals surface area contributed by atoms with Gasteiger partial charge in [0.15, 0.2) is 10.3 Å². The second-order valence-corrected chi connectivity index (χ2v) is 8.52. The summed E-state index contributed by atoms with van der Waals surface area (Å²) in [5.41, 5.74) is 1.72. The second kappa shape index (κ2) is 8.65. The van der Waals surface area contributed by atoms with Gasteiger partial charge in [-0.15, -0.1) is 11.3 Å². The van der Waals surface area contributed by atoms with Gasteiger partial charge in [0.05, 0.1) is 21.8 Å². The van der Waals surface area contributed by atoms with Crippen LogP contribution in [-0.4, -0.2) is 47.0 Å². The van der Waals surface area contributed by atoms with Crippen molar-refractivity contribution in [3.63, 3.8) is 0 Å². The summed E-state index contributed by atoms with van der Waals surface area (Å²) in [6.45, 7) is 4.17. The lowest BCUT2D eigenvalue weighted by atomic mass is 10.1. The lowest BCUT2D eigenvalue weighted by Crippen LogP contribution is -2.33. The van der Waals surface area contributed by atoms with Crippen LogP contribution in [0.4, 0.5) is 10.3 Å². The maximum absolute atomic E-state index is 12.5. The number of likely N-dealkylation sites (tertiary alicyclic amines) is 1. The topological polar surface area (TPSA) is 93.9 Å². The Morgan fingerprint density at radius 1 is 1.21 bits per heavy atom. The van der Waals surface area contributed by atoms with Gasteiger partial charge in [-0.3, -0.25) is 10.1 Å². The first-order valence-corrected chi connectivity index (χ1v) is 10.9. The summed E-state index contributed by atoms with van der Waals surface area (Å²) in [5, 5.41) is 18.1. The predicted molar refractivity (Wildman–Crippen MR) is 113 cm³/mol. The number of carbonyl (C=O) groups excluding carboxylic acids is 1. The average Bonchev–Trinajstić information content (AvgIpc) is 3.34. The Hall–Kier alpha value is -2.54. The zero-order valence-electron chi connectivity index (χ0n) is 15.3. The number of anilines is 2. The van der Waals surface area contributed by atoms with Crippen molar-refractivity contribution in [2.75, 3.05) is 36.8 Å². The number of nitrogens with zero attached hydrogens (tertiary/aromatic N) is 4. The maximum Gasteiger partial charge on any atom is 0.276 e. The molecule has 9 heteroatoms. The number of nitriles is 1. The van der Waals surface area contributed by atoms with Gasteiger partial charge in [0.2, 0.25) is 0 Å². The number of amides is 1. The molecule has 4 rings (SSSR count). The summed E-state index contributed by atoms with van der Waals surface area (Å²) in [6, 6.07) is 7.39. The minimum Gasteiger partial charge on any atom is -0.360 e. The average molecular weight is 413 g/mol. The van der Waals surface area contributed by atoms with Crippen molar-refractivity contribution in [3.8, 4) is 6.07 Å². The molecule has 3 heterocycles. The van der Waals surface area contributed by atoms with Crippen LogP contribution in [-0.2, 0) is 0 Å². The van der Waals surface area contributed by atoms with E-state index in [0.717, 1.165) is 28.4 Å². The Balaban J connectivity index is 1.33. The van der Waals surface area contributed by atoms with Gasteiger partial charge >= 0.3 is 0 Å². The van der Waals surface area contributed by atoms with Crippen LogP contribution in [0.2, 0.25) is 0 Å². The van der Waals surface area contributed by atoms with Crippen LogP contribution < -0.4 is 10.6 Å². The standard InChI is InChI=1S/C19H20N6OS2/c20-11-13-4-5-14-16(10-13)28-19(22-14)24-17(26)15-12-27-18(23-15)21-6-9-25-7-2-1-3-8-25/h4-5,10,12H,1-3,6-9H2,(H,21,23)(H,22,24,26). The molecule has 1 fully saturated rings. The first-order valence-electron chi connectivity index (χ1n) is 9.25. The molecule has 1 amide bonds. The third kappa shape index (κ3) is 4.47. The number of thiazole rings is 2. The van der Waals surface area contributed by atoms with Crippen molar-refractivity contribution < 1.29 is 4.79 Å². The molecule has 0 atom stereocenters. The van der Waals surface area contributed by atoms with E-state index in [2.05, 4.69) is 31.6 Å². The Bertz CT molecular complexity index is 1020. The quantitative estimate of drug-likeness (QED) is 0.640. The molecule has 0 aliphatic carbocycles. The van der Waals surface area contributed by atoms with Gasteiger partial charge in [0, 0.05) is 18.5 Å². The number of nitrogens with one attached hydrogen (secondary N) is 2. The smallest absolute Gasteiger partial charge is 0.276 e. The lowest BCUT2D eigenvalue weighted by molar-refractivity contribution is 0.102. The summed E-state index contributed by atoms with van der Waals surface area (Å²) >= 11 is 2.78. The van der Waals surface area contributed by atoms with Crippen LogP contribution >= 0.6 is 22.7 Å². The number of hydrogen-bond donors (Lipinski definition) is 2. The van der Waals surface area contributed by atoms with Gasteiger partial charge in [-0.05, 0) is 44.1 Å². The van der Waals surface area contributed by atoms with Crippen molar-refractivity contribution in [1.29, 1.82) is 5.26 Å². The molecule has 0 radical (unpaired) electrons. The Kier molecular flexibility index (Phi) is 5.81. The van der Waals surface area contributed by atoms with Gasteiger partial charge in [0.25, 0.3) is 5.91 Å². The molecule has 28 heavy (non-hydrogen) atoms. The van der Waals surface area contributed by atoms with E-state index >= 15 is 0 Å². The molecule has 0 unspecified atom stereocenters. The summed E-state index contributed by atoms with van der Waals surface area (Å²) in [6.07, 6.45) is 3.90. The SMILES string of the molecule is N#Cc1ccc2nc(NC(=O)c3csc(NCCN4CCCCC4)n3)sc2c1. The van der Waals surface area contributed by atoms with Crippen molar-refractivity contribution in [2.24, 2.45) is 0 Å². The number of carbonyl (C=O) groups is 1. The molecule has 1 aliphatic rings. The third-order valence-electron chi connectivity index (χ3n) is 4.63. The molecule has 1 aromatic carbocycles. The van der Waals surface area contributed by atoms with Crippen LogP contribution in [0, 0.1) is 11.3 Å². The minimum atomic E-state index is -0.278. The highest BCUT2D eigenvalue weighted by molar-refractivity contribution is 7.22. The number of aromatic nitrogens is 2. The van der Waals surface area contributed by atoms with Crippen molar-refractivity contribution in [1.82, 2.24) is 14.9 Å². The van der Waals surface area contributed by atoms with Crippen LogP contribution in [0.5, 0.6) is 0 Å². The fourth-order valence-electron chi connectivity index (χ4n) is 3.17. The zero-order chi connectivity index (χ0) is 19.3. The third-order valence-corrected chi connectivity index (χ3v) is 6.36. The Labute approximate surface area is 171 Å². The number of rotatable bonds is 6. The molecule has 0 spiro atoms. The van der Waals surface area contributed by atoms with Gasteiger partial charge in [-0.2, -0.15) is 5.26 Å². The van der Waals surface area contributed by atoms with E-state index in [4.69, 9.17) is 5.26 Å². The van der Waals surface area contributed by atoms with Crippen molar-refractivity contribution in [3.05, 3.63) is 34.8 Å². The molecule has 3 aromatic rings. The highest BCUT2D eigenvalue weighted by Crippen LogP contribution is 2.27. The van der Waals surface area contributed by atoms with Gasteiger partial charge in [-0.1, -0.05) is 17.8 Å². The molecular weight excluding hydrogens is 392 g/mol. The van der Waals surface area contributed by atoms with E-state index in [1.165, 1.54) is 55.0 Å². The van der Waals surface area contributed by atoms with Crippen LogP contribution in [0.3, 0.4) is 0 Å². The van der Waals surface area contributed by atoms with E-state index in [0.29, 0.717) is 16.4 Å². The van der Waals surface area contributed by atoms with Gasteiger partial charge in [-0.25, -0.2) is 9.97 Å². The molecular formula is C19H20N6OS2. The normalized spacial score (nSPS) is 14.7. The van der Waals surface area contributed by atoms with E-state index in [1.807, 2.05) is 0 Å². The molecule has 1 aliphatic heterocycles.